The topological polar surface area (TPSA) is 51.2 Å². The number of aryl methyl sites for hydroxylation is 2. The molecule has 0 saturated heterocycles. The molecule has 1 heterocycles. The molecule has 0 radical (unpaired) electrons. The number of nitrogens with zero attached hydrogens (tertiary/aromatic N) is 1. The van der Waals surface area contributed by atoms with Gasteiger partial charge in [0, 0.05) is 25.2 Å². The van der Waals surface area contributed by atoms with Crippen molar-refractivity contribution in [2.75, 3.05) is 0 Å². The lowest BCUT2D eigenvalue weighted by atomic mass is 10.1. The number of carbonyl (C=O) groups is 1. The van der Waals surface area contributed by atoms with Gasteiger partial charge in [-0.3, -0.25) is 4.79 Å². The number of nitrogens with one attached hydrogen (secondary N) is 1. The van der Waals surface area contributed by atoms with Crippen molar-refractivity contribution in [3.8, 4) is 11.6 Å². The van der Waals surface area contributed by atoms with E-state index in [1.807, 2.05) is 42.5 Å². The predicted octanol–water partition coefficient (Wildman–Crippen LogP) is 4.57. The van der Waals surface area contributed by atoms with E-state index in [0.717, 1.165) is 11.1 Å². The van der Waals surface area contributed by atoms with E-state index in [1.165, 1.54) is 6.07 Å². The first-order valence-electron chi connectivity index (χ1n) is 8.80. The zero-order chi connectivity index (χ0) is 19.1. The quantitative estimate of drug-likeness (QED) is 0.668. The number of hydrogen-bond donors (Lipinski definition) is 1. The van der Waals surface area contributed by atoms with Gasteiger partial charge in [0.05, 0.1) is 0 Å². The Morgan fingerprint density at radius 3 is 2.74 bits per heavy atom. The molecule has 0 saturated carbocycles. The number of hydrogen-bond acceptors (Lipinski definition) is 3. The maximum Gasteiger partial charge on any atom is 0.220 e. The summed E-state index contributed by atoms with van der Waals surface area (Å²) in [4.78, 5) is 16.2. The van der Waals surface area contributed by atoms with Crippen LogP contribution in [0.1, 0.15) is 23.1 Å². The second-order valence-electron chi connectivity index (χ2n) is 6.28. The molecule has 0 aliphatic rings. The Morgan fingerprint density at radius 2 is 1.96 bits per heavy atom. The van der Waals surface area contributed by atoms with E-state index >= 15 is 0 Å². The summed E-state index contributed by atoms with van der Waals surface area (Å²) in [6.45, 7) is 2.12. The van der Waals surface area contributed by atoms with Crippen molar-refractivity contribution < 1.29 is 13.9 Å². The Hall–Kier alpha value is -3.21. The second kappa shape index (κ2) is 8.94. The van der Waals surface area contributed by atoms with E-state index in [1.54, 1.807) is 25.3 Å². The van der Waals surface area contributed by atoms with Gasteiger partial charge in [-0.25, -0.2) is 9.37 Å². The maximum atomic E-state index is 13.6. The van der Waals surface area contributed by atoms with Crippen LogP contribution in [0.25, 0.3) is 0 Å². The monoisotopic (exact) mass is 364 g/mol. The van der Waals surface area contributed by atoms with Crippen LogP contribution in [-0.2, 0) is 17.8 Å². The highest BCUT2D eigenvalue weighted by molar-refractivity contribution is 5.76. The minimum Gasteiger partial charge on any atom is -0.439 e. The van der Waals surface area contributed by atoms with Crippen LogP contribution in [0.3, 0.4) is 0 Å². The lowest BCUT2D eigenvalue weighted by Gasteiger charge is -2.08. The molecule has 5 heteroatoms. The molecule has 27 heavy (non-hydrogen) atoms. The molecule has 0 atom stereocenters. The molecule has 0 spiro atoms. The van der Waals surface area contributed by atoms with Gasteiger partial charge in [-0.15, -0.1) is 0 Å². The molecule has 2 aromatic carbocycles. The normalized spacial score (nSPS) is 10.4. The minimum absolute atomic E-state index is 0.0768. The summed E-state index contributed by atoms with van der Waals surface area (Å²) in [5.41, 5.74) is 2.35. The Bertz CT molecular complexity index is 913. The van der Waals surface area contributed by atoms with E-state index in [0.29, 0.717) is 36.6 Å². The molecule has 0 fully saturated rings. The standard InChI is InChI=1S/C22H21FN2O2/c1-16-8-9-17(14-20(16)23)10-11-21(26)25-15-18-5-4-6-19(13-18)27-22-7-2-3-12-24-22/h2-9,12-14H,10-11,15H2,1H3,(H,25,26). The average Bonchev–Trinajstić information content (AvgIpc) is 2.68. The number of ether oxygens (including phenoxy) is 1. The molecule has 0 aliphatic carbocycles. The van der Waals surface area contributed by atoms with Gasteiger partial charge in [0.15, 0.2) is 0 Å². The van der Waals surface area contributed by atoms with Gasteiger partial charge in [-0.2, -0.15) is 0 Å². The van der Waals surface area contributed by atoms with Gasteiger partial charge in [-0.05, 0) is 54.3 Å². The van der Waals surface area contributed by atoms with Crippen molar-refractivity contribution in [2.45, 2.75) is 26.3 Å². The van der Waals surface area contributed by atoms with Crippen LogP contribution in [0.5, 0.6) is 11.6 Å². The third-order valence-electron chi connectivity index (χ3n) is 4.13. The molecule has 1 N–H and O–H groups in total. The van der Waals surface area contributed by atoms with Crippen LogP contribution in [0.2, 0.25) is 0 Å². The zero-order valence-corrected chi connectivity index (χ0v) is 15.1. The molecule has 1 amide bonds. The number of carbonyl (C=O) groups excluding carboxylic acids is 1. The fraction of sp³-hybridized carbons (Fsp3) is 0.182. The predicted molar refractivity (Wildman–Crippen MR) is 102 cm³/mol. The lowest BCUT2D eigenvalue weighted by molar-refractivity contribution is -0.121. The average molecular weight is 364 g/mol. The minimum atomic E-state index is -0.238. The number of amides is 1. The van der Waals surface area contributed by atoms with Crippen LogP contribution in [0, 0.1) is 12.7 Å². The fourth-order valence-corrected chi connectivity index (χ4v) is 2.59. The van der Waals surface area contributed by atoms with Gasteiger partial charge in [0.1, 0.15) is 11.6 Å². The Balaban J connectivity index is 1.49. The van der Waals surface area contributed by atoms with Crippen molar-refractivity contribution in [3.05, 3.63) is 89.4 Å². The van der Waals surface area contributed by atoms with Gasteiger partial charge >= 0.3 is 0 Å². The first kappa shape index (κ1) is 18.6. The molecule has 1 aromatic heterocycles. The van der Waals surface area contributed by atoms with E-state index in [2.05, 4.69) is 10.3 Å². The summed E-state index contributed by atoms with van der Waals surface area (Å²) in [5.74, 6) is 0.865. The first-order chi connectivity index (χ1) is 13.1. The smallest absolute Gasteiger partial charge is 0.220 e. The summed E-state index contributed by atoms with van der Waals surface area (Å²) in [7, 11) is 0. The van der Waals surface area contributed by atoms with Gasteiger partial charge in [0.2, 0.25) is 11.8 Å². The third kappa shape index (κ3) is 5.64. The Morgan fingerprint density at radius 1 is 1.07 bits per heavy atom. The fourth-order valence-electron chi connectivity index (χ4n) is 2.59. The summed E-state index contributed by atoms with van der Waals surface area (Å²) in [6, 6.07) is 18.0. The molecule has 3 aromatic rings. The zero-order valence-electron chi connectivity index (χ0n) is 15.1. The molecule has 3 rings (SSSR count). The van der Waals surface area contributed by atoms with Crippen molar-refractivity contribution >= 4 is 5.91 Å². The SMILES string of the molecule is Cc1ccc(CCC(=O)NCc2cccc(Oc3ccccn3)c2)cc1F. The number of pyridine rings is 1. The van der Waals surface area contributed by atoms with E-state index < -0.39 is 0 Å². The maximum absolute atomic E-state index is 13.6. The summed E-state index contributed by atoms with van der Waals surface area (Å²) in [6.07, 6.45) is 2.48. The van der Waals surface area contributed by atoms with Crippen LogP contribution in [0.15, 0.2) is 66.9 Å². The lowest BCUT2D eigenvalue weighted by Crippen LogP contribution is -2.23. The van der Waals surface area contributed by atoms with Crippen LogP contribution >= 0.6 is 0 Å². The van der Waals surface area contributed by atoms with Gasteiger partial charge < -0.3 is 10.1 Å². The third-order valence-corrected chi connectivity index (χ3v) is 4.13. The highest BCUT2D eigenvalue weighted by Gasteiger charge is 2.06. The molecular weight excluding hydrogens is 343 g/mol. The highest BCUT2D eigenvalue weighted by atomic mass is 19.1. The summed E-state index contributed by atoms with van der Waals surface area (Å²) in [5, 5.41) is 2.88. The van der Waals surface area contributed by atoms with Crippen LogP contribution in [0.4, 0.5) is 4.39 Å². The second-order valence-corrected chi connectivity index (χ2v) is 6.28. The van der Waals surface area contributed by atoms with E-state index in [9.17, 15) is 9.18 Å². The largest absolute Gasteiger partial charge is 0.439 e. The van der Waals surface area contributed by atoms with E-state index in [-0.39, 0.29) is 11.7 Å². The number of rotatable bonds is 7. The molecule has 0 unspecified atom stereocenters. The van der Waals surface area contributed by atoms with Crippen LogP contribution < -0.4 is 10.1 Å². The van der Waals surface area contributed by atoms with Crippen LogP contribution in [-0.4, -0.2) is 10.9 Å². The molecule has 0 bridgehead atoms. The number of halogens is 1. The molecular formula is C22H21FN2O2. The van der Waals surface area contributed by atoms with Crippen molar-refractivity contribution in [3.63, 3.8) is 0 Å². The summed E-state index contributed by atoms with van der Waals surface area (Å²) < 4.78 is 19.2. The van der Waals surface area contributed by atoms with Crippen molar-refractivity contribution in [2.24, 2.45) is 0 Å². The van der Waals surface area contributed by atoms with Crippen molar-refractivity contribution in [1.29, 1.82) is 0 Å². The number of aromatic nitrogens is 1. The summed E-state index contributed by atoms with van der Waals surface area (Å²) >= 11 is 0. The number of benzene rings is 2. The Kier molecular flexibility index (Phi) is 6.15. The van der Waals surface area contributed by atoms with Gasteiger partial charge in [0.25, 0.3) is 0 Å². The van der Waals surface area contributed by atoms with Crippen molar-refractivity contribution in [1.82, 2.24) is 10.3 Å². The highest BCUT2D eigenvalue weighted by Crippen LogP contribution is 2.20. The van der Waals surface area contributed by atoms with E-state index in [4.69, 9.17) is 4.74 Å². The van der Waals surface area contributed by atoms with Gasteiger partial charge in [-0.1, -0.05) is 30.3 Å². The molecule has 138 valence electrons. The first-order valence-corrected chi connectivity index (χ1v) is 8.80. The molecule has 4 nitrogen and oxygen atoms in total. The Labute approximate surface area is 158 Å². The molecule has 0 aliphatic heterocycles.